The molecular weight excluding hydrogens is 741 g/mol. The Labute approximate surface area is 356 Å². The Morgan fingerprint density at radius 2 is 0.852 bits per heavy atom. The molecule has 0 atom stereocenters. The van der Waals surface area contributed by atoms with Gasteiger partial charge in [0.1, 0.15) is 5.65 Å². The number of hydrogen-bond donors (Lipinski definition) is 0. The smallest absolute Gasteiger partial charge is 0.146 e. The van der Waals surface area contributed by atoms with E-state index < -0.39 is 0 Å². The van der Waals surface area contributed by atoms with Crippen LogP contribution in [0.5, 0.6) is 0 Å². The Hall–Kier alpha value is -6.65. The highest BCUT2D eigenvalue weighted by atomic mass is 15.2. The molecule has 4 nitrogen and oxygen atoms in total. The summed E-state index contributed by atoms with van der Waals surface area (Å²) in [6.07, 6.45) is 0. The van der Waals surface area contributed by atoms with Crippen molar-refractivity contribution in [3.63, 3.8) is 0 Å². The molecule has 61 heavy (non-hydrogen) atoms. The van der Waals surface area contributed by atoms with Gasteiger partial charge in [0.15, 0.2) is 0 Å². The Balaban J connectivity index is 1.32. The fourth-order valence-electron chi connectivity index (χ4n) is 10.2. The molecule has 4 heteroatoms. The van der Waals surface area contributed by atoms with Gasteiger partial charge in [-0.05, 0) is 123 Å². The molecule has 298 valence electrons. The van der Waals surface area contributed by atoms with E-state index in [1.807, 2.05) is 0 Å². The van der Waals surface area contributed by atoms with Gasteiger partial charge in [-0.3, -0.25) is 4.40 Å². The highest BCUT2D eigenvalue weighted by Gasteiger charge is 2.30. The van der Waals surface area contributed by atoms with Crippen LogP contribution in [0.25, 0.3) is 87.2 Å². The van der Waals surface area contributed by atoms with Gasteiger partial charge in [-0.2, -0.15) is 0 Å². The number of pyridine rings is 1. The maximum Gasteiger partial charge on any atom is 0.146 e. The molecule has 0 aliphatic rings. The fourth-order valence-corrected chi connectivity index (χ4v) is 10.2. The van der Waals surface area contributed by atoms with Crippen molar-refractivity contribution in [2.75, 3.05) is 4.90 Å². The third-order valence-corrected chi connectivity index (χ3v) is 13.5. The SMILES string of the molecule is CC(C)(C)c1cc(N(c2ccccc2)c2ccccc2)c2c(c1)c1cc(C(C)(C)C)cc3c4nc5c(cc4n2c13)c1cc(C(C)(C)C)cc2c3cc4ccccc4cc3n5c21. The van der Waals surface area contributed by atoms with Crippen LogP contribution >= 0.6 is 0 Å². The molecule has 0 saturated carbocycles. The summed E-state index contributed by atoms with van der Waals surface area (Å²) >= 11 is 0. The monoisotopic (exact) mass is 790 g/mol. The topological polar surface area (TPSA) is 25.0 Å². The lowest BCUT2D eigenvalue weighted by Gasteiger charge is -2.29. The summed E-state index contributed by atoms with van der Waals surface area (Å²) in [5, 5.41) is 11.3. The summed E-state index contributed by atoms with van der Waals surface area (Å²) in [6.45, 7) is 21.0. The zero-order valence-electron chi connectivity index (χ0n) is 36.6. The number of aromatic nitrogens is 3. The van der Waals surface area contributed by atoms with Gasteiger partial charge in [-0.15, -0.1) is 0 Å². The minimum absolute atomic E-state index is 0.0384. The molecule has 0 aliphatic carbocycles. The molecule has 0 spiro atoms. The molecule has 0 bridgehead atoms. The number of rotatable bonds is 3. The van der Waals surface area contributed by atoms with Gasteiger partial charge in [-0.1, -0.05) is 123 Å². The summed E-state index contributed by atoms with van der Waals surface area (Å²) < 4.78 is 5.04. The molecule has 0 saturated heterocycles. The number of anilines is 3. The molecule has 12 rings (SSSR count). The first-order valence-electron chi connectivity index (χ1n) is 21.8. The summed E-state index contributed by atoms with van der Waals surface area (Å²) in [7, 11) is 0. The van der Waals surface area contributed by atoms with Crippen molar-refractivity contribution < 1.29 is 0 Å². The average molecular weight is 791 g/mol. The molecule has 0 unspecified atom stereocenters. The lowest BCUT2D eigenvalue weighted by Crippen LogP contribution is -2.15. The van der Waals surface area contributed by atoms with Gasteiger partial charge in [0.05, 0.1) is 38.8 Å². The molecule has 12 aromatic rings. The zero-order chi connectivity index (χ0) is 41.9. The summed E-state index contributed by atoms with van der Waals surface area (Å²) in [5.41, 5.74) is 15.3. The van der Waals surface area contributed by atoms with Gasteiger partial charge in [-0.25, -0.2) is 4.98 Å². The lowest BCUT2D eigenvalue weighted by atomic mass is 9.84. The third kappa shape index (κ3) is 5.08. The first kappa shape index (κ1) is 36.2. The van der Waals surface area contributed by atoms with Gasteiger partial charge in [0, 0.05) is 49.1 Å². The normalized spacial score (nSPS) is 13.3. The molecule has 0 radical (unpaired) electrons. The molecule has 7 aromatic carbocycles. The van der Waals surface area contributed by atoms with Gasteiger partial charge in [0.2, 0.25) is 0 Å². The Morgan fingerprint density at radius 3 is 1.43 bits per heavy atom. The number of para-hydroxylation sites is 2. The number of hydrogen-bond acceptors (Lipinski definition) is 2. The average Bonchev–Trinajstić information content (AvgIpc) is 3.94. The molecule has 0 fully saturated rings. The summed E-state index contributed by atoms with van der Waals surface area (Å²) in [6, 6.07) is 52.5. The quantitative estimate of drug-likeness (QED) is 0.178. The minimum Gasteiger partial charge on any atom is -0.308 e. The minimum atomic E-state index is -0.0870. The van der Waals surface area contributed by atoms with Crippen LogP contribution in [0.15, 0.2) is 140 Å². The van der Waals surface area contributed by atoms with E-state index in [2.05, 4.69) is 216 Å². The molecular formula is C57H50N4. The molecule has 0 aliphatic heterocycles. The maximum atomic E-state index is 5.89. The third-order valence-electron chi connectivity index (χ3n) is 13.5. The van der Waals surface area contributed by atoms with Crippen molar-refractivity contribution in [2.45, 2.75) is 78.6 Å². The Bertz CT molecular complexity index is 3690. The van der Waals surface area contributed by atoms with Crippen molar-refractivity contribution in [3.05, 3.63) is 156 Å². The van der Waals surface area contributed by atoms with Crippen molar-refractivity contribution in [2.24, 2.45) is 0 Å². The first-order chi connectivity index (χ1) is 29.1. The Morgan fingerprint density at radius 1 is 0.393 bits per heavy atom. The van der Waals surface area contributed by atoms with Gasteiger partial charge >= 0.3 is 0 Å². The number of fused-ring (bicyclic) bond motifs is 13. The summed E-state index contributed by atoms with van der Waals surface area (Å²) in [4.78, 5) is 8.35. The van der Waals surface area contributed by atoms with Crippen LogP contribution in [0.3, 0.4) is 0 Å². The van der Waals surface area contributed by atoms with E-state index in [9.17, 15) is 0 Å². The Kier molecular flexibility index (Phi) is 7.13. The van der Waals surface area contributed by atoms with E-state index in [1.165, 1.54) is 87.2 Å². The fraction of sp³-hybridized carbons (Fsp3) is 0.211. The van der Waals surface area contributed by atoms with E-state index >= 15 is 0 Å². The molecule has 5 heterocycles. The van der Waals surface area contributed by atoms with E-state index in [0.29, 0.717) is 0 Å². The highest BCUT2D eigenvalue weighted by molar-refractivity contribution is 6.29. The van der Waals surface area contributed by atoms with Crippen LogP contribution < -0.4 is 4.90 Å². The van der Waals surface area contributed by atoms with Gasteiger partial charge in [0.25, 0.3) is 0 Å². The predicted molar refractivity (Wildman–Crippen MR) is 262 cm³/mol. The second kappa shape index (κ2) is 12.0. The molecule has 5 aromatic heterocycles. The standard InChI is InChI=1S/C57H50N4/c1-55(2,3)35-26-41-40-24-33-18-16-17-19-34(33)25-47(40)61-51(41)44(28-35)45-32-48-50(58-54(45)61)46-30-36(56(4,5)6)27-42-43-29-37(57(7,8)9)31-49(53(43)60(48)52(42)46)59(38-20-12-10-13-21-38)39-22-14-11-15-23-39/h10-32H,1-9H3. The first-order valence-corrected chi connectivity index (χ1v) is 21.8. The number of benzene rings is 7. The van der Waals surface area contributed by atoms with Crippen LogP contribution in [0.1, 0.15) is 79.0 Å². The van der Waals surface area contributed by atoms with E-state index in [4.69, 9.17) is 4.98 Å². The van der Waals surface area contributed by atoms with E-state index in [-0.39, 0.29) is 16.2 Å². The molecule has 0 amide bonds. The van der Waals surface area contributed by atoms with Crippen molar-refractivity contribution >= 4 is 104 Å². The van der Waals surface area contributed by atoms with Crippen LogP contribution in [0, 0.1) is 0 Å². The second-order valence-corrected chi connectivity index (χ2v) is 20.6. The summed E-state index contributed by atoms with van der Waals surface area (Å²) in [5.74, 6) is 0. The second-order valence-electron chi connectivity index (χ2n) is 20.6. The van der Waals surface area contributed by atoms with Crippen molar-refractivity contribution in [1.82, 2.24) is 13.8 Å². The van der Waals surface area contributed by atoms with E-state index in [1.54, 1.807) is 0 Å². The van der Waals surface area contributed by atoms with Crippen LogP contribution in [-0.4, -0.2) is 13.8 Å². The van der Waals surface area contributed by atoms with Crippen molar-refractivity contribution in [3.8, 4) is 0 Å². The lowest BCUT2D eigenvalue weighted by molar-refractivity contribution is 0.591. The van der Waals surface area contributed by atoms with Gasteiger partial charge < -0.3 is 9.30 Å². The maximum absolute atomic E-state index is 5.89. The number of nitrogens with zero attached hydrogens (tertiary/aromatic N) is 4. The van der Waals surface area contributed by atoms with Crippen LogP contribution in [-0.2, 0) is 16.2 Å². The zero-order valence-corrected chi connectivity index (χ0v) is 36.6. The van der Waals surface area contributed by atoms with E-state index in [0.717, 1.165) is 33.7 Å². The van der Waals surface area contributed by atoms with Crippen LogP contribution in [0.2, 0.25) is 0 Å². The predicted octanol–water partition coefficient (Wildman–Crippen LogP) is 15.9. The highest BCUT2D eigenvalue weighted by Crippen LogP contribution is 2.50. The van der Waals surface area contributed by atoms with Crippen molar-refractivity contribution in [1.29, 1.82) is 0 Å². The van der Waals surface area contributed by atoms with Crippen LogP contribution in [0.4, 0.5) is 17.1 Å². The largest absolute Gasteiger partial charge is 0.308 e. The molecule has 0 N–H and O–H groups in total.